The highest BCUT2D eigenvalue weighted by Gasteiger charge is 2.28. The summed E-state index contributed by atoms with van der Waals surface area (Å²) in [6, 6.07) is 3.36. The van der Waals surface area contributed by atoms with Gasteiger partial charge in [-0.1, -0.05) is 23.2 Å². The number of fused-ring (bicyclic) bond motifs is 1. The fourth-order valence-electron chi connectivity index (χ4n) is 2.05. The van der Waals surface area contributed by atoms with E-state index in [2.05, 4.69) is 0 Å². The number of hydrogen-bond donors (Lipinski definition) is 0. The van der Waals surface area contributed by atoms with Crippen LogP contribution in [0.15, 0.2) is 12.1 Å². The van der Waals surface area contributed by atoms with Crippen LogP contribution in [0.5, 0.6) is 5.75 Å². The van der Waals surface area contributed by atoms with Gasteiger partial charge in [-0.3, -0.25) is 4.79 Å². The van der Waals surface area contributed by atoms with E-state index in [9.17, 15) is 4.79 Å². The average Bonchev–Trinajstić information content (AvgIpc) is 2.53. The van der Waals surface area contributed by atoms with Crippen LogP contribution < -0.4 is 4.74 Å². The van der Waals surface area contributed by atoms with Gasteiger partial charge in [0.25, 0.3) is 0 Å². The van der Waals surface area contributed by atoms with Gasteiger partial charge in [-0.25, -0.2) is 0 Å². The fourth-order valence-corrected chi connectivity index (χ4v) is 2.38. The van der Waals surface area contributed by atoms with Gasteiger partial charge in [0.1, 0.15) is 5.75 Å². The minimum absolute atomic E-state index is 0.234. The Morgan fingerprint density at radius 2 is 2.17 bits per heavy atom. The zero-order chi connectivity index (χ0) is 13.1. The average molecular weight is 289 g/mol. The van der Waals surface area contributed by atoms with Gasteiger partial charge < -0.3 is 9.47 Å². The van der Waals surface area contributed by atoms with E-state index in [-0.39, 0.29) is 11.9 Å². The van der Waals surface area contributed by atoms with Crippen LogP contribution in [-0.2, 0) is 9.53 Å². The summed E-state index contributed by atoms with van der Waals surface area (Å²) in [6.07, 6.45) is 1.50. The lowest BCUT2D eigenvalue weighted by atomic mass is 9.94. The maximum atomic E-state index is 12.0. The van der Waals surface area contributed by atoms with Crippen molar-refractivity contribution in [3.63, 3.8) is 0 Å². The topological polar surface area (TPSA) is 35.5 Å². The molecule has 0 N–H and O–H groups in total. The molecule has 3 nitrogen and oxygen atoms in total. The van der Waals surface area contributed by atoms with Gasteiger partial charge >= 0.3 is 5.97 Å². The largest absolute Gasteiger partial charge is 0.493 e. The van der Waals surface area contributed by atoms with Crippen LogP contribution >= 0.6 is 23.2 Å². The van der Waals surface area contributed by atoms with Crippen LogP contribution in [-0.4, -0.2) is 19.2 Å². The van der Waals surface area contributed by atoms with E-state index in [4.69, 9.17) is 32.7 Å². The van der Waals surface area contributed by atoms with Crippen molar-refractivity contribution in [2.75, 3.05) is 13.2 Å². The van der Waals surface area contributed by atoms with Gasteiger partial charge in [0.15, 0.2) is 0 Å². The van der Waals surface area contributed by atoms with Crippen molar-refractivity contribution in [1.29, 1.82) is 0 Å². The third kappa shape index (κ3) is 2.73. The van der Waals surface area contributed by atoms with Crippen molar-refractivity contribution in [2.45, 2.75) is 25.7 Å². The summed E-state index contributed by atoms with van der Waals surface area (Å²) in [4.78, 5) is 12.0. The van der Waals surface area contributed by atoms with Gasteiger partial charge in [-0.05, 0) is 25.8 Å². The monoisotopic (exact) mass is 288 g/mol. The lowest BCUT2D eigenvalue weighted by Crippen LogP contribution is -2.15. The number of esters is 1. The first-order valence-corrected chi connectivity index (χ1v) is 6.67. The maximum absolute atomic E-state index is 12.0. The Labute approximate surface area is 116 Å². The molecule has 1 atom stereocenters. The van der Waals surface area contributed by atoms with E-state index >= 15 is 0 Å². The van der Waals surface area contributed by atoms with Gasteiger partial charge in [0.05, 0.1) is 29.2 Å². The lowest BCUT2D eigenvalue weighted by Gasteiger charge is -2.16. The van der Waals surface area contributed by atoms with Gasteiger partial charge in [-0.2, -0.15) is 0 Å². The molecule has 0 aromatic heterocycles. The zero-order valence-electron chi connectivity index (χ0n) is 10.0. The second kappa shape index (κ2) is 5.81. The van der Waals surface area contributed by atoms with Crippen LogP contribution in [0.2, 0.25) is 10.0 Å². The van der Waals surface area contributed by atoms with Crippen molar-refractivity contribution in [1.82, 2.24) is 0 Å². The molecule has 0 amide bonds. The molecule has 1 aliphatic heterocycles. The summed E-state index contributed by atoms with van der Waals surface area (Å²) in [5.74, 6) is 0.0693. The van der Waals surface area contributed by atoms with Crippen LogP contribution in [0.25, 0.3) is 0 Å². The molecule has 2 rings (SSSR count). The maximum Gasteiger partial charge on any atom is 0.313 e. The molecule has 1 heterocycles. The van der Waals surface area contributed by atoms with Gasteiger partial charge in [0, 0.05) is 11.6 Å². The van der Waals surface area contributed by atoms with E-state index in [1.165, 1.54) is 0 Å². The Morgan fingerprint density at radius 3 is 2.89 bits per heavy atom. The van der Waals surface area contributed by atoms with E-state index in [1.807, 2.05) is 0 Å². The summed E-state index contributed by atoms with van der Waals surface area (Å²) < 4.78 is 10.7. The highest BCUT2D eigenvalue weighted by molar-refractivity contribution is 6.42. The second-order valence-corrected chi connectivity index (χ2v) is 4.91. The molecule has 1 aliphatic rings. The van der Waals surface area contributed by atoms with E-state index in [1.54, 1.807) is 19.1 Å². The van der Waals surface area contributed by atoms with E-state index in [0.29, 0.717) is 35.4 Å². The molecule has 0 aliphatic carbocycles. The normalized spacial score (nSPS) is 18.5. The molecule has 1 aromatic carbocycles. The third-order valence-corrected chi connectivity index (χ3v) is 3.62. The van der Waals surface area contributed by atoms with Crippen molar-refractivity contribution < 1.29 is 14.3 Å². The van der Waals surface area contributed by atoms with Crippen LogP contribution in [0.4, 0.5) is 0 Å². The van der Waals surface area contributed by atoms with E-state index < -0.39 is 0 Å². The Hall–Kier alpha value is -0.930. The third-order valence-electron chi connectivity index (χ3n) is 2.89. The highest BCUT2D eigenvalue weighted by atomic mass is 35.5. The van der Waals surface area contributed by atoms with Crippen molar-refractivity contribution in [3.05, 3.63) is 27.7 Å². The number of benzene rings is 1. The predicted molar refractivity (Wildman–Crippen MR) is 70.6 cm³/mol. The molecule has 0 spiro atoms. The van der Waals surface area contributed by atoms with Crippen molar-refractivity contribution in [2.24, 2.45) is 0 Å². The number of hydrogen-bond acceptors (Lipinski definition) is 3. The predicted octanol–water partition coefficient (Wildman–Crippen LogP) is 3.81. The Balaban J connectivity index is 2.40. The summed E-state index contributed by atoms with van der Waals surface area (Å²) in [5, 5.41) is 0.857. The molecule has 0 bridgehead atoms. The quantitative estimate of drug-likeness (QED) is 0.776. The summed E-state index contributed by atoms with van der Waals surface area (Å²) in [7, 11) is 0. The zero-order valence-corrected chi connectivity index (χ0v) is 11.6. The first-order chi connectivity index (χ1) is 8.63. The van der Waals surface area contributed by atoms with Gasteiger partial charge in [0.2, 0.25) is 0 Å². The number of rotatable bonds is 2. The molecule has 0 saturated carbocycles. The smallest absolute Gasteiger partial charge is 0.313 e. The second-order valence-electron chi connectivity index (χ2n) is 4.10. The first-order valence-electron chi connectivity index (χ1n) is 5.92. The van der Waals surface area contributed by atoms with Gasteiger partial charge in [-0.15, -0.1) is 0 Å². The Kier molecular flexibility index (Phi) is 4.36. The summed E-state index contributed by atoms with van der Waals surface area (Å²) in [5.41, 5.74) is 0.764. The van der Waals surface area contributed by atoms with E-state index in [0.717, 1.165) is 12.0 Å². The first kappa shape index (κ1) is 13.5. The van der Waals surface area contributed by atoms with Crippen molar-refractivity contribution >= 4 is 29.2 Å². The molecule has 1 aromatic rings. The van der Waals surface area contributed by atoms with Crippen LogP contribution in [0.1, 0.15) is 31.2 Å². The van der Waals surface area contributed by atoms with Crippen LogP contribution in [0, 0.1) is 0 Å². The number of ether oxygens (including phenoxy) is 2. The Bertz CT molecular complexity index is 460. The Morgan fingerprint density at radius 1 is 1.44 bits per heavy atom. The summed E-state index contributed by atoms with van der Waals surface area (Å²) >= 11 is 12.0. The van der Waals surface area contributed by atoms with Crippen LogP contribution in [0.3, 0.4) is 0 Å². The molecular formula is C13H14Cl2O3. The molecule has 5 heteroatoms. The number of carbonyl (C=O) groups excluding carboxylic acids is 1. The lowest BCUT2D eigenvalue weighted by molar-refractivity contribution is -0.145. The van der Waals surface area contributed by atoms with Crippen molar-refractivity contribution in [3.8, 4) is 5.75 Å². The number of halogens is 2. The minimum Gasteiger partial charge on any atom is -0.493 e. The highest BCUT2D eigenvalue weighted by Crippen LogP contribution is 2.39. The molecule has 0 radical (unpaired) electrons. The molecule has 0 fully saturated rings. The number of carbonyl (C=O) groups is 1. The molecule has 98 valence electrons. The fraction of sp³-hybridized carbons (Fsp3) is 0.462. The molecule has 18 heavy (non-hydrogen) atoms. The molecular weight excluding hydrogens is 275 g/mol. The molecule has 0 saturated heterocycles. The molecule has 1 unspecified atom stereocenters. The minimum atomic E-state index is -0.322. The summed E-state index contributed by atoms with van der Waals surface area (Å²) in [6.45, 7) is 2.73. The SMILES string of the molecule is CCOC(=O)C1CCCOc2cc(Cl)c(Cl)cc21. The standard InChI is InChI=1S/C13H14Cl2O3/c1-2-17-13(16)8-4-3-5-18-12-7-11(15)10(14)6-9(8)12/h6-8H,2-5H2,1H3.